The number of nitrogens with zero attached hydrogens (tertiary/aromatic N) is 1. The summed E-state index contributed by atoms with van der Waals surface area (Å²) in [6.45, 7) is 4.61. The maximum Gasteiger partial charge on any atom is 0.306 e. The van der Waals surface area contributed by atoms with E-state index < -0.39 is 0 Å². The number of carbonyl (C=O) groups excluding carboxylic acids is 1. The van der Waals surface area contributed by atoms with E-state index in [1.54, 1.807) is 7.11 Å². The third-order valence-electron chi connectivity index (χ3n) is 2.65. The Hall–Kier alpha value is -1.33. The van der Waals surface area contributed by atoms with E-state index in [-0.39, 0.29) is 5.97 Å². The highest BCUT2D eigenvalue weighted by Gasteiger charge is 2.11. The summed E-state index contributed by atoms with van der Waals surface area (Å²) in [5.41, 5.74) is 0. The molecule has 0 unspecified atom stereocenters. The topological polar surface area (TPSA) is 51.9 Å². The molecule has 0 fully saturated rings. The van der Waals surface area contributed by atoms with Crippen molar-refractivity contribution in [3.05, 3.63) is 23.7 Å². The van der Waals surface area contributed by atoms with E-state index in [2.05, 4.69) is 9.64 Å². The number of carbonyl (C=O) groups is 1. The van der Waals surface area contributed by atoms with Crippen molar-refractivity contribution in [3.63, 3.8) is 0 Å². The fourth-order valence-electron chi connectivity index (χ4n) is 1.63. The van der Waals surface area contributed by atoms with Gasteiger partial charge < -0.3 is 13.9 Å². The van der Waals surface area contributed by atoms with Crippen LogP contribution in [0.4, 0.5) is 0 Å². The highest BCUT2D eigenvalue weighted by molar-refractivity contribution is 5.69. The lowest BCUT2D eigenvalue weighted by Crippen LogP contribution is -2.29. The molecule has 0 atom stereocenters. The van der Waals surface area contributed by atoms with Gasteiger partial charge in [-0.15, -0.1) is 0 Å². The number of hydrogen-bond donors (Lipinski definition) is 0. The SMILES string of the molecule is COCCN(CCC(=O)OC)Cc1ccc(C)o1. The molecule has 0 aliphatic carbocycles. The van der Waals surface area contributed by atoms with Crippen LogP contribution in [0.5, 0.6) is 0 Å². The highest BCUT2D eigenvalue weighted by atomic mass is 16.5. The third kappa shape index (κ3) is 5.33. The van der Waals surface area contributed by atoms with Crippen LogP contribution in [0.3, 0.4) is 0 Å². The van der Waals surface area contributed by atoms with Gasteiger partial charge in [0.2, 0.25) is 0 Å². The van der Waals surface area contributed by atoms with Gasteiger partial charge in [0.1, 0.15) is 11.5 Å². The van der Waals surface area contributed by atoms with Gasteiger partial charge in [0, 0.05) is 20.2 Å². The van der Waals surface area contributed by atoms with Gasteiger partial charge in [0.05, 0.1) is 26.7 Å². The molecule has 0 saturated heterocycles. The van der Waals surface area contributed by atoms with Crippen molar-refractivity contribution in [2.45, 2.75) is 19.9 Å². The molecule has 1 aromatic heterocycles. The second kappa shape index (κ2) is 7.89. The molecule has 1 heterocycles. The lowest BCUT2D eigenvalue weighted by atomic mass is 10.3. The fourth-order valence-corrected chi connectivity index (χ4v) is 1.63. The molecular weight excluding hydrogens is 234 g/mol. The molecule has 0 radical (unpaired) electrons. The Morgan fingerprint density at radius 3 is 2.67 bits per heavy atom. The molecular formula is C13H21NO4. The number of ether oxygens (including phenoxy) is 2. The van der Waals surface area contributed by atoms with Crippen LogP contribution in [0, 0.1) is 6.92 Å². The Morgan fingerprint density at radius 2 is 2.11 bits per heavy atom. The first-order valence-electron chi connectivity index (χ1n) is 5.99. The van der Waals surface area contributed by atoms with Gasteiger partial charge in [0.15, 0.2) is 0 Å². The molecule has 0 aliphatic heterocycles. The van der Waals surface area contributed by atoms with Crippen LogP contribution in [-0.2, 0) is 20.8 Å². The van der Waals surface area contributed by atoms with Crippen molar-refractivity contribution in [3.8, 4) is 0 Å². The van der Waals surface area contributed by atoms with Crippen molar-refractivity contribution in [2.75, 3.05) is 33.9 Å². The molecule has 0 saturated carbocycles. The molecule has 18 heavy (non-hydrogen) atoms. The predicted molar refractivity (Wildman–Crippen MR) is 67.2 cm³/mol. The van der Waals surface area contributed by atoms with Crippen molar-refractivity contribution in [1.29, 1.82) is 0 Å². The first-order valence-corrected chi connectivity index (χ1v) is 5.99. The Kier molecular flexibility index (Phi) is 6.46. The zero-order valence-electron chi connectivity index (χ0n) is 11.3. The fraction of sp³-hybridized carbons (Fsp3) is 0.615. The van der Waals surface area contributed by atoms with Crippen molar-refractivity contribution >= 4 is 5.97 Å². The molecule has 0 amide bonds. The summed E-state index contributed by atoms with van der Waals surface area (Å²) in [6, 6.07) is 3.89. The average Bonchev–Trinajstić information content (AvgIpc) is 2.77. The Labute approximate surface area is 108 Å². The summed E-state index contributed by atoms with van der Waals surface area (Å²) >= 11 is 0. The molecule has 0 aliphatic rings. The number of hydrogen-bond acceptors (Lipinski definition) is 5. The van der Waals surface area contributed by atoms with Gasteiger partial charge in [-0.1, -0.05) is 0 Å². The molecule has 0 N–H and O–H groups in total. The molecule has 5 nitrogen and oxygen atoms in total. The van der Waals surface area contributed by atoms with Crippen molar-refractivity contribution in [2.24, 2.45) is 0 Å². The number of aryl methyl sites for hydroxylation is 1. The normalized spacial score (nSPS) is 10.9. The molecule has 5 heteroatoms. The zero-order valence-corrected chi connectivity index (χ0v) is 11.3. The molecule has 0 aromatic carbocycles. The Bertz CT molecular complexity index is 362. The molecule has 0 bridgehead atoms. The van der Waals surface area contributed by atoms with Crippen LogP contribution < -0.4 is 0 Å². The van der Waals surface area contributed by atoms with Gasteiger partial charge in [-0.25, -0.2) is 0 Å². The van der Waals surface area contributed by atoms with Crippen molar-refractivity contribution < 1.29 is 18.7 Å². The summed E-state index contributed by atoms with van der Waals surface area (Å²) in [5, 5.41) is 0. The second-order valence-corrected chi connectivity index (χ2v) is 4.11. The van der Waals surface area contributed by atoms with Gasteiger partial charge in [-0.2, -0.15) is 0 Å². The first kappa shape index (κ1) is 14.7. The van der Waals surface area contributed by atoms with Gasteiger partial charge in [0.25, 0.3) is 0 Å². The maximum absolute atomic E-state index is 11.1. The maximum atomic E-state index is 11.1. The van der Waals surface area contributed by atoms with E-state index in [0.717, 1.165) is 18.1 Å². The van der Waals surface area contributed by atoms with E-state index in [1.165, 1.54) is 7.11 Å². The van der Waals surface area contributed by atoms with Gasteiger partial charge in [-0.05, 0) is 19.1 Å². The largest absolute Gasteiger partial charge is 0.469 e. The summed E-state index contributed by atoms with van der Waals surface area (Å²) in [6.07, 6.45) is 0.375. The lowest BCUT2D eigenvalue weighted by molar-refractivity contribution is -0.141. The third-order valence-corrected chi connectivity index (χ3v) is 2.65. The molecule has 1 rings (SSSR count). The zero-order chi connectivity index (χ0) is 13.4. The van der Waals surface area contributed by atoms with Crippen molar-refractivity contribution in [1.82, 2.24) is 4.90 Å². The van der Waals surface area contributed by atoms with Gasteiger partial charge >= 0.3 is 5.97 Å². The molecule has 1 aromatic rings. The number of furan rings is 1. The standard InChI is InChI=1S/C13H21NO4/c1-11-4-5-12(18-11)10-14(8-9-16-2)7-6-13(15)17-3/h4-5H,6-10H2,1-3H3. The minimum atomic E-state index is -0.201. The number of methoxy groups -OCH3 is 2. The van der Waals surface area contributed by atoms with E-state index in [1.807, 2.05) is 19.1 Å². The van der Waals surface area contributed by atoms with Crippen LogP contribution in [0.15, 0.2) is 16.5 Å². The Balaban J connectivity index is 2.46. The molecule has 0 spiro atoms. The minimum Gasteiger partial charge on any atom is -0.469 e. The number of esters is 1. The predicted octanol–water partition coefficient (Wildman–Crippen LogP) is 1.60. The van der Waals surface area contributed by atoms with E-state index in [9.17, 15) is 4.79 Å². The number of rotatable bonds is 8. The van der Waals surface area contributed by atoms with Gasteiger partial charge in [-0.3, -0.25) is 9.69 Å². The average molecular weight is 255 g/mol. The minimum absolute atomic E-state index is 0.201. The van der Waals surface area contributed by atoms with E-state index in [4.69, 9.17) is 9.15 Å². The Morgan fingerprint density at radius 1 is 1.33 bits per heavy atom. The summed E-state index contributed by atoms with van der Waals surface area (Å²) in [4.78, 5) is 13.3. The first-order chi connectivity index (χ1) is 8.65. The quantitative estimate of drug-likeness (QED) is 0.660. The van der Waals surface area contributed by atoms with E-state index >= 15 is 0 Å². The van der Waals surface area contributed by atoms with Crippen LogP contribution in [-0.4, -0.2) is 44.8 Å². The molecule has 102 valence electrons. The van der Waals surface area contributed by atoms with Crippen LogP contribution in [0.25, 0.3) is 0 Å². The van der Waals surface area contributed by atoms with Crippen LogP contribution in [0.1, 0.15) is 17.9 Å². The summed E-state index contributed by atoms with van der Waals surface area (Å²) < 4.78 is 15.2. The highest BCUT2D eigenvalue weighted by Crippen LogP contribution is 2.10. The summed E-state index contributed by atoms with van der Waals surface area (Å²) in [5.74, 6) is 1.59. The lowest BCUT2D eigenvalue weighted by Gasteiger charge is -2.20. The van der Waals surface area contributed by atoms with E-state index in [0.29, 0.717) is 26.1 Å². The monoisotopic (exact) mass is 255 g/mol. The smallest absolute Gasteiger partial charge is 0.306 e. The summed E-state index contributed by atoms with van der Waals surface area (Å²) in [7, 11) is 3.06. The van der Waals surface area contributed by atoms with Crippen LogP contribution >= 0.6 is 0 Å². The van der Waals surface area contributed by atoms with Crippen LogP contribution in [0.2, 0.25) is 0 Å². The second-order valence-electron chi connectivity index (χ2n) is 4.11.